The third-order valence-electron chi connectivity index (χ3n) is 4.72. The van der Waals surface area contributed by atoms with Crippen LogP contribution in [0, 0.1) is 0 Å². The molecule has 0 amide bonds. The Balaban J connectivity index is 1.80. The fraction of sp³-hybridized carbons (Fsp3) is 0.100. The smallest absolute Gasteiger partial charge is 0.126 e. The lowest BCUT2D eigenvalue weighted by atomic mass is 9.91. The van der Waals surface area contributed by atoms with Gasteiger partial charge in [-0.15, -0.1) is 0 Å². The maximum absolute atomic E-state index is 4.75. The summed E-state index contributed by atoms with van der Waals surface area (Å²) in [7, 11) is 2.11. The van der Waals surface area contributed by atoms with E-state index >= 15 is 0 Å². The maximum atomic E-state index is 4.75. The highest BCUT2D eigenvalue weighted by Gasteiger charge is 2.31. The van der Waals surface area contributed by atoms with Gasteiger partial charge in [-0.3, -0.25) is 0 Å². The summed E-state index contributed by atoms with van der Waals surface area (Å²) >= 11 is 0. The number of hydrogen-bond acceptors (Lipinski definition) is 3. The van der Waals surface area contributed by atoms with Gasteiger partial charge in [0, 0.05) is 29.5 Å². The number of fused-ring (bicyclic) bond motifs is 3. The molecular formula is C20H16N4. The quantitative estimate of drug-likeness (QED) is 0.529. The molecule has 4 nitrogen and oxygen atoms in total. The van der Waals surface area contributed by atoms with Crippen LogP contribution >= 0.6 is 0 Å². The van der Waals surface area contributed by atoms with Crippen LogP contribution in [0.2, 0.25) is 0 Å². The molecule has 0 fully saturated rings. The van der Waals surface area contributed by atoms with Crippen LogP contribution < -0.4 is 4.90 Å². The Bertz CT molecular complexity index is 970. The number of nitrogens with zero attached hydrogens (tertiary/aromatic N) is 4. The highest BCUT2D eigenvalue weighted by molar-refractivity contribution is 5.76. The standard InChI is InChI=1S/C20H16N4/c1-23-18-12-6-2-8-14(18)20(15-9-3-7-13-19(15)23)24-21-16-10-4-5-11-17(16)22-24/h2-13,20H,1H3. The number of para-hydroxylation sites is 2. The van der Waals surface area contributed by atoms with Gasteiger partial charge in [-0.05, 0) is 24.3 Å². The van der Waals surface area contributed by atoms with Gasteiger partial charge < -0.3 is 4.90 Å². The number of anilines is 2. The van der Waals surface area contributed by atoms with Crippen molar-refractivity contribution in [1.82, 2.24) is 15.0 Å². The minimum atomic E-state index is -0.0130. The molecule has 5 rings (SSSR count). The molecule has 24 heavy (non-hydrogen) atoms. The third-order valence-corrected chi connectivity index (χ3v) is 4.72. The summed E-state index contributed by atoms with van der Waals surface area (Å²) in [6, 6.07) is 25.0. The fourth-order valence-corrected chi connectivity index (χ4v) is 3.59. The Hall–Kier alpha value is -3.14. The van der Waals surface area contributed by atoms with Gasteiger partial charge in [0.1, 0.15) is 17.1 Å². The summed E-state index contributed by atoms with van der Waals surface area (Å²) in [5.41, 5.74) is 6.68. The van der Waals surface area contributed by atoms with Gasteiger partial charge in [-0.2, -0.15) is 15.0 Å². The lowest BCUT2D eigenvalue weighted by Gasteiger charge is -2.34. The minimum Gasteiger partial charge on any atom is -0.344 e. The lowest BCUT2D eigenvalue weighted by Crippen LogP contribution is -2.26. The number of hydrogen-bond donors (Lipinski definition) is 0. The Morgan fingerprint density at radius 2 is 1.12 bits per heavy atom. The van der Waals surface area contributed by atoms with Crippen LogP contribution in [0.5, 0.6) is 0 Å². The second kappa shape index (κ2) is 4.93. The molecule has 4 heteroatoms. The molecule has 0 spiro atoms. The van der Waals surface area contributed by atoms with Crippen molar-refractivity contribution < 1.29 is 0 Å². The van der Waals surface area contributed by atoms with Crippen molar-refractivity contribution in [2.75, 3.05) is 11.9 Å². The first-order chi connectivity index (χ1) is 11.8. The van der Waals surface area contributed by atoms with E-state index < -0.39 is 0 Å². The molecule has 1 aliphatic rings. The van der Waals surface area contributed by atoms with Crippen LogP contribution in [-0.2, 0) is 0 Å². The van der Waals surface area contributed by atoms with E-state index in [1.165, 1.54) is 22.5 Å². The van der Waals surface area contributed by atoms with Crippen LogP contribution in [0.15, 0.2) is 72.8 Å². The Labute approximate surface area is 140 Å². The predicted octanol–water partition coefficient (Wildman–Crippen LogP) is 4.15. The molecule has 0 atom stereocenters. The normalized spacial score (nSPS) is 13.8. The average molecular weight is 312 g/mol. The summed E-state index contributed by atoms with van der Waals surface area (Å²) in [6.07, 6.45) is 0. The molecule has 0 radical (unpaired) electrons. The van der Waals surface area contributed by atoms with Crippen LogP contribution in [0.25, 0.3) is 11.0 Å². The molecule has 0 N–H and O–H groups in total. The number of benzene rings is 3. The van der Waals surface area contributed by atoms with E-state index in [-0.39, 0.29) is 6.04 Å². The minimum absolute atomic E-state index is 0.0130. The zero-order valence-corrected chi connectivity index (χ0v) is 13.3. The van der Waals surface area contributed by atoms with Crippen molar-refractivity contribution >= 4 is 22.4 Å². The van der Waals surface area contributed by atoms with Gasteiger partial charge in [0.15, 0.2) is 0 Å². The average Bonchev–Trinajstić information content (AvgIpc) is 3.06. The van der Waals surface area contributed by atoms with Crippen LogP contribution in [-0.4, -0.2) is 22.0 Å². The van der Waals surface area contributed by atoms with E-state index in [0.29, 0.717) is 0 Å². The topological polar surface area (TPSA) is 34.0 Å². The van der Waals surface area contributed by atoms with E-state index in [9.17, 15) is 0 Å². The first kappa shape index (κ1) is 13.3. The largest absolute Gasteiger partial charge is 0.344 e. The van der Waals surface area contributed by atoms with E-state index in [0.717, 1.165) is 11.0 Å². The molecular weight excluding hydrogens is 296 g/mol. The molecule has 0 unspecified atom stereocenters. The number of rotatable bonds is 1. The van der Waals surface area contributed by atoms with Gasteiger partial charge >= 0.3 is 0 Å². The number of aromatic nitrogens is 3. The highest BCUT2D eigenvalue weighted by Crippen LogP contribution is 2.44. The van der Waals surface area contributed by atoms with Crippen molar-refractivity contribution in [1.29, 1.82) is 0 Å². The summed E-state index contributed by atoms with van der Waals surface area (Å²) < 4.78 is 0. The van der Waals surface area contributed by atoms with Gasteiger partial charge in [-0.1, -0.05) is 48.5 Å². The van der Waals surface area contributed by atoms with Gasteiger partial charge in [0.2, 0.25) is 0 Å². The summed E-state index contributed by atoms with van der Waals surface area (Å²) in [5, 5.41) is 9.49. The predicted molar refractivity (Wildman–Crippen MR) is 95.7 cm³/mol. The van der Waals surface area contributed by atoms with Gasteiger partial charge in [-0.25, -0.2) is 0 Å². The molecule has 2 heterocycles. The third kappa shape index (κ3) is 1.80. The Kier molecular flexibility index (Phi) is 2.73. The molecule has 1 aromatic heterocycles. The first-order valence-corrected chi connectivity index (χ1v) is 8.06. The van der Waals surface area contributed by atoms with E-state index in [1.807, 2.05) is 29.1 Å². The second-order valence-corrected chi connectivity index (χ2v) is 6.09. The van der Waals surface area contributed by atoms with Crippen molar-refractivity contribution in [2.45, 2.75) is 6.04 Å². The van der Waals surface area contributed by atoms with Crippen molar-refractivity contribution in [2.24, 2.45) is 0 Å². The summed E-state index contributed by atoms with van der Waals surface area (Å²) in [6.45, 7) is 0. The fourth-order valence-electron chi connectivity index (χ4n) is 3.59. The van der Waals surface area contributed by atoms with Crippen molar-refractivity contribution in [3.05, 3.63) is 83.9 Å². The summed E-state index contributed by atoms with van der Waals surface area (Å²) in [5.74, 6) is 0. The molecule has 0 aliphatic carbocycles. The van der Waals surface area contributed by atoms with Crippen LogP contribution in [0.4, 0.5) is 11.4 Å². The molecule has 116 valence electrons. The van der Waals surface area contributed by atoms with Crippen LogP contribution in [0.3, 0.4) is 0 Å². The molecule has 1 aliphatic heterocycles. The molecule has 0 bridgehead atoms. The van der Waals surface area contributed by atoms with Crippen molar-refractivity contribution in [3.8, 4) is 0 Å². The summed E-state index contributed by atoms with van der Waals surface area (Å²) in [4.78, 5) is 4.10. The zero-order chi connectivity index (χ0) is 16.1. The van der Waals surface area contributed by atoms with E-state index in [4.69, 9.17) is 10.2 Å². The maximum Gasteiger partial charge on any atom is 0.126 e. The Morgan fingerprint density at radius 3 is 1.67 bits per heavy atom. The van der Waals surface area contributed by atoms with Gasteiger partial charge in [0.05, 0.1) is 0 Å². The van der Waals surface area contributed by atoms with Crippen LogP contribution in [0.1, 0.15) is 17.2 Å². The Morgan fingerprint density at radius 1 is 0.667 bits per heavy atom. The molecule has 3 aromatic carbocycles. The lowest BCUT2D eigenvalue weighted by molar-refractivity contribution is 0.522. The molecule has 0 saturated heterocycles. The molecule has 4 aromatic rings. The van der Waals surface area contributed by atoms with E-state index in [2.05, 4.69) is 60.5 Å². The first-order valence-electron chi connectivity index (χ1n) is 8.06. The second-order valence-electron chi connectivity index (χ2n) is 6.09. The highest BCUT2D eigenvalue weighted by atomic mass is 15.5. The van der Waals surface area contributed by atoms with E-state index in [1.54, 1.807) is 0 Å². The zero-order valence-electron chi connectivity index (χ0n) is 13.3. The van der Waals surface area contributed by atoms with Crippen molar-refractivity contribution in [3.63, 3.8) is 0 Å². The monoisotopic (exact) mass is 312 g/mol. The van der Waals surface area contributed by atoms with Gasteiger partial charge in [0.25, 0.3) is 0 Å². The molecule has 0 saturated carbocycles. The SMILES string of the molecule is CN1c2ccccc2C(n2nc3ccccc3n2)c2ccccc21.